The molecule has 2 aromatic heterocycles. The quantitative estimate of drug-likeness (QED) is 0.545. The molecule has 0 spiro atoms. The van der Waals surface area contributed by atoms with Crippen LogP contribution < -0.4 is 5.56 Å². The number of aromatic amines is 1. The Morgan fingerprint density at radius 2 is 1.77 bits per heavy atom. The monoisotopic (exact) mass is 438 g/mol. The molecule has 0 aliphatic heterocycles. The summed E-state index contributed by atoms with van der Waals surface area (Å²) in [5.74, 6) is -0.535. The molecule has 0 fully saturated rings. The first-order valence-electron chi connectivity index (χ1n) is 10.0. The third-order valence-corrected chi connectivity index (χ3v) is 5.89. The molecular weight excluding hydrogens is 412 g/mol. The molecule has 0 bridgehead atoms. The summed E-state index contributed by atoms with van der Waals surface area (Å²) in [7, 11) is 1.53. The normalized spacial score (nSPS) is 14.7. The van der Waals surface area contributed by atoms with E-state index in [0.717, 1.165) is 5.56 Å². The second kappa shape index (κ2) is 7.82. The maximum Gasteiger partial charge on any atom is 0.417 e. The fourth-order valence-electron chi connectivity index (χ4n) is 4.29. The van der Waals surface area contributed by atoms with Crippen molar-refractivity contribution in [3.63, 3.8) is 0 Å². The highest BCUT2D eigenvalue weighted by molar-refractivity contribution is 5.76. The summed E-state index contributed by atoms with van der Waals surface area (Å²) >= 11 is 0. The molecule has 0 saturated heterocycles. The van der Waals surface area contributed by atoms with Crippen LogP contribution in [0.3, 0.4) is 0 Å². The Labute approximate surface area is 177 Å². The van der Waals surface area contributed by atoms with E-state index in [4.69, 9.17) is 0 Å². The average Bonchev–Trinajstić information content (AvgIpc) is 3.06. The number of benzene rings is 1. The van der Waals surface area contributed by atoms with Crippen molar-refractivity contribution in [1.29, 1.82) is 0 Å². The number of H-pyrrole nitrogens is 1. The Bertz CT molecular complexity index is 1160. The van der Waals surface area contributed by atoms with E-state index in [1.165, 1.54) is 41.9 Å². The number of nitrogens with zero attached hydrogens (tertiary/aromatic N) is 1. The Kier molecular flexibility index (Phi) is 5.82. The molecule has 3 aromatic rings. The van der Waals surface area contributed by atoms with E-state index in [-0.39, 0.29) is 11.3 Å². The average molecular weight is 438 g/mol. The van der Waals surface area contributed by atoms with Crippen LogP contribution in [-0.2, 0) is 25.3 Å². The summed E-state index contributed by atoms with van der Waals surface area (Å²) in [4.78, 5) is 14.7. The van der Waals surface area contributed by atoms with Gasteiger partial charge in [0.15, 0.2) is 5.60 Å². The molecule has 168 valence electrons. The van der Waals surface area contributed by atoms with Crippen molar-refractivity contribution in [3.05, 3.63) is 69.4 Å². The molecule has 0 saturated carbocycles. The fourth-order valence-corrected chi connectivity index (χ4v) is 4.29. The molecule has 3 rings (SSSR count). The highest BCUT2D eigenvalue weighted by Gasteiger charge is 2.56. The number of pyridine rings is 1. The number of aryl methyl sites for hydroxylation is 2. The predicted octanol–water partition coefficient (Wildman–Crippen LogP) is 4.77. The molecule has 0 aliphatic carbocycles. The van der Waals surface area contributed by atoms with Crippen LogP contribution in [0.2, 0.25) is 0 Å². The second-order valence-electron chi connectivity index (χ2n) is 8.75. The molecule has 2 N–H and O–H groups in total. The first-order chi connectivity index (χ1) is 14.3. The van der Waals surface area contributed by atoms with Crippen LogP contribution in [-0.4, -0.2) is 26.4 Å². The van der Waals surface area contributed by atoms with Gasteiger partial charge in [0.05, 0.1) is 11.0 Å². The van der Waals surface area contributed by atoms with Gasteiger partial charge in [0, 0.05) is 25.2 Å². The fraction of sp³-hybridized carbons (Fsp3) is 0.435. The Morgan fingerprint density at radius 3 is 2.39 bits per heavy atom. The summed E-state index contributed by atoms with van der Waals surface area (Å²) in [5.41, 5.74) is -2.23. The number of aromatic nitrogens is 2. The molecule has 0 amide bonds. The number of aliphatic hydroxyl groups is 1. The lowest BCUT2D eigenvalue weighted by Crippen LogP contribution is -2.51. The number of fused-ring (bicyclic) bond motifs is 1. The van der Waals surface area contributed by atoms with Gasteiger partial charge in [-0.05, 0) is 53.6 Å². The summed E-state index contributed by atoms with van der Waals surface area (Å²) in [6.45, 7) is 5.00. The predicted molar refractivity (Wildman–Crippen MR) is 112 cm³/mol. The number of nitrogens with one attached hydrogen (secondary N) is 1. The van der Waals surface area contributed by atoms with Crippen molar-refractivity contribution < 1.29 is 22.7 Å². The summed E-state index contributed by atoms with van der Waals surface area (Å²) in [5, 5.41) is 10.9. The number of hydrogen-bond acceptors (Lipinski definition) is 2. The van der Waals surface area contributed by atoms with Gasteiger partial charge < -0.3 is 14.7 Å². The molecule has 1 atom stereocenters. The van der Waals surface area contributed by atoms with Crippen molar-refractivity contribution >= 4 is 11.0 Å². The highest BCUT2D eigenvalue weighted by Crippen LogP contribution is 2.44. The second-order valence-corrected chi connectivity index (χ2v) is 8.75. The molecule has 4 nitrogen and oxygen atoms in total. The minimum atomic E-state index is -4.92. The van der Waals surface area contributed by atoms with Gasteiger partial charge in [-0.3, -0.25) is 4.79 Å². The van der Waals surface area contributed by atoms with Crippen molar-refractivity contribution in [2.24, 2.45) is 7.05 Å². The summed E-state index contributed by atoms with van der Waals surface area (Å²) in [6.07, 6.45) is -5.78. The maximum atomic E-state index is 14.1. The minimum Gasteiger partial charge on any atom is -0.380 e. The van der Waals surface area contributed by atoms with Gasteiger partial charge in [-0.15, -0.1) is 0 Å². The van der Waals surface area contributed by atoms with E-state index in [9.17, 15) is 27.5 Å². The zero-order valence-corrected chi connectivity index (χ0v) is 17.9. The first-order valence-corrected chi connectivity index (χ1v) is 10.0. The van der Waals surface area contributed by atoms with Gasteiger partial charge in [0.25, 0.3) is 5.56 Å². The van der Waals surface area contributed by atoms with Crippen LogP contribution in [0.15, 0.2) is 41.2 Å². The van der Waals surface area contributed by atoms with E-state index in [2.05, 4.69) is 4.98 Å². The third kappa shape index (κ3) is 4.39. The molecule has 8 heteroatoms. The van der Waals surface area contributed by atoms with Crippen LogP contribution in [0.4, 0.5) is 17.6 Å². The maximum absolute atomic E-state index is 14.1. The van der Waals surface area contributed by atoms with Crippen LogP contribution in [0, 0.1) is 5.82 Å². The Balaban J connectivity index is 2.03. The first kappa shape index (κ1) is 23.1. The van der Waals surface area contributed by atoms with Gasteiger partial charge in [-0.1, -0.05) is 26.8 Å². The van der Waals surface area contributed by atoms with Gasteiger partial charge in [0.1, 0.15) is 5.82 Å². The minimum absolute atomic E-state index is 0.154. The Hall–Kier alpha value is -2.61. The van der Waals surface area contributed by atoms with Crippen LogP contribution >= 0.6 is 0 Å². The molecule has 0 radical (unpaired) electrons. The number of alkyl halides is 3. The standard InChI is InChI=1S/C23H26F4N2O2/c1-5-14-6-7-15(24)10-17(14)21(2,3)13-22(31,23(25,26)27)12-16-11-19-18(28-16)8-9-20(30)29(19)4/h6-11,28,31H,5,12-13H2,1-4H3. The SMILES string of the molecule is CCc1ccc(F)cc1C(C)(C)CC(O)(Cc1cc2c(ccc(=O)n2C)[nH]1)C(F)(F)F. The lowest BCUT2D eigenvalue weighted by atomic mass is 9.72. The van der Waals surface area contributed by atoms with Crippen LogP contribution in [0.25, 0.3) is 11.0 Å². The van der Waals surface area contributed by atoms with Crippen molar-refractivity contribution in [3.8, 4) is 0 Å². The molecule has 1 aromatic carbocycles. The van der Waals surface area contributed by atoms with Crippen molar-refractivity contribution in [2.75, 3.05) is 0 Å². The smallest absolute Gasteiger partial charge is 0.380 e. The molecule has 31 heavy (non-hydrogen) atoms. The largest absolute Gasteiger partial charge is 0.417 e. The van der Waals surface area contributed by atoms with Gasteiger partial charge in [-0.2, -0.15) is 13.2 Å². The summed E-state index contributed by atoms with van der Waals surface area (Å²) in [6, 6.07) is 8.35. The Morgan fingerprint density at radius 1 is 1.10 bits per heavy atom. The van der Waals surface area contributed by atoms with E-state index >= 15 is 0 Å². The number of rotatable bonds is 6. The molecular formula is C23H26F4N2O2. The zero-order chi connectivity index (χ0) is 23.2. The molecule has 0 aliphatic rings. The van der Waals surface area contributed by atoms with Crippen LogP contribution in [0.1, 0.15) is 44.0 Å². The van der Waals surface area contributed by atoms with Crippen molar-refractivity contribution in [2.45, 2.75) is 57.2 Å². The van der Waals surface area contributed by atoms with Gasteiger partial charge >= 0.3 is 6.18 Å². The number of hydrogen-bond donors (Lipinski definition) is 2. The highest BCUT2D eigenvalue weighted by atomic mass is 19.4. The topological polar surface area (TPSA) is 58.0 Å². The van der Waals surface area contributed by atoms with Crippen LogP contribution in [0.5, 0.6) is 0 Å². The number of halogens is 4. The van der Waals surface area contributed by atoms with Gasteiger partial charge in [-0.25, -0.2) is 4.39 Å². The van der Waals surface area contributed by atoms with Crippen molar-refractivity contribution in [1.82, 2.24) is 9.55 Å². The van der Waals surface area contributed by atoms with E-state index in [0.29, 0.717) is 23.0 Å². The molecule has 1 unspecified atom stereocenters. The van der Waals surface area contributed by atoms with Gasteiger partial charge in [0.2, 0.25) is 0 Å². The summed E-state index contributed by atoms with van der Waals surface area (Å²) < 4.78 is 57.5. The van der Waals surface area contributed by atoms with E-state index in [1.54, 1.807) is 19.9 Å². The lowest BCUT2D eigenvalue weighted by Gasteiger charge is -2.38. The van der Waals surface area contributed by atoms with E-state index < -0.39 is 35.9 Å². The third-order valence-electron chi connectivity index (χ3n) is 5.89. The lowest BCUT2D eigenvalue weighted by molar-refractivity contribution is -0.266. The molecule has 2 heterocycles. The van der Waals surface area contributed by atoms with E-state index in [1.807, 2.05) is 6.92 Å². The zero-order valence-electron chi connectivity index (χ0n) is 17.9.